The van der Waals surface area contributed by atoms with Gasteiger partial charge >= 0.3 is 12.1 Å². The number of esters is 1. The molecule has 0 heterocycles. The number of alkyl halides is 3. The lowest BCUT2D eigenvalue weighted by Gasteiger charge is -2.10. The van der Waals surface area contributed by atoms with Crippen LogP contribution in [-0.2, 0) is 15.7 Å². The van der Waals surface area contributed by atoms with Crippen LogP contribution in [0.5, 0.6) is 17.2 Å². The molecule has 0 aliphatic carbocycles. The first-order valence-corrected chi connectivity index (χ1v) is 8.89. The molecule has 0 radical (unpaired) electrons. The molecule has 162 valence electrons. The molecule has 4 nitrogen and oxygen atoms in total. The molecule has 0 bridgehead atoms. The molecule has 0 unspecified atom stereocenters. The first-order valence-electron chi connectivity index (χ1n) is 8.89. The molecule has 0 aliphatic rings. The Bertz CT molecular complexity index is 854. The predicted molar refractivity (Wildman–Crippen MR) is 98.6 cm³/mol. The van der Waals surface area contributed by atoms with Crippen LogP contribution in [0, 0.1) is 0 Å². The van der Waals surface area contributed by atoms with Crippen LogP contribution in [0.2, 0.25) is 0 Å². The number of hydrogen-bond donors (Lipinski definition) is 0. The van der Waals surface area contributed by atoms with E-state index in [0.29, 0.717) is 11.5 Å². The van der Waals surface area contributed by atoms with Crippen LogP contribution in [0.3, 0.4) is 0 Å². The smallest absolute Gasteiger partial charge is 0.416 e. The highest BCUT2D eigenvalue weighted by Crippen LogP contribution is 2.31. The van der Waals surface area contributed by atoms with Gasteiger partial charge in [0, 0.05) is 6.42 Å². The normalized spacial score (nSPS) is 11.0. The molecule has 2 aromatic rings. The fraction of sp³-hybridized carbons (Fsp3) is 0.286. The summed E-state index contributed by atoms with van der Waals surface area (Å²) in [6.45, 7) is 1.28. The van der Waals surface area contributed by atoms with Crippen molar-refractivity contribution < 1.29 is 41.0 Å². The maximum atomic E-state index is 12.6. The Morgan fingerprint density at radius 2 is 1.37 bits per heavy atom. The van der Waals surface area contributed by atoms with Gasteiger partial charge in [-0.3, -0.25) is 4.79 Å². The molecule has 2 aromatic carbocycles. The third kappa shape index (κ3) is 7.73. The average molecular weight is 430 g/mol. The second-order valence-electron chi connectivity index (χ2n) is 6.21. The van der Waals surface area contributed by atoms with E-state index in [9.17, 15) is 26.7 Å². The minimum Gasteiger partial charge on any atom is -0.490 e. The molecule has 2 rings (SSSR count). The molecule has 0 saturated heterocycles. The van der Waals surface area contributed by atoms with Gasteiger partial charge in [-0.25, -0.2) is 0 Å². The van der Waals surface area contributed by atoms with Gasteiger partial charge in [0.1, 0.15) is 30.5 Å². The highest BCUT2D eigenvalue weighted by atomic mass is 19.4. The van der Waals surface area contributed by atoms with Gasteiger partial charge in [0.15, 0.2) is 0 Å². The average Bonchev–Trinajstić information content (AvgIpc) is 2.70. The van der Waals surface area contributed by atoms with E-state index in [4.69, 9.17) is 14.2 Å². The summed E-state index contributed by atoms with van der Waals surface area (Å²) in [5.41, 5.74) is -0.915. The lowest BCUT2D eigenvalue weighted by Crippen LogP contribution is -2.12. The topological polar surface area (TPSA) is 44.8 Å². The fourth-order valence-corrected chi connectivity index (χ4v) is 2.22. The molecule has 0 fully saturated rings. The van der Waals surface area contributed by atoms with Gasteiger partial charge in [0.25, 0.3) is 6.08 Å². The number of benzene rings is 2. The summed E-state index contributed by atoms with van der Waals surface area (Å²) in [4.78, 5) is 11.5. The van der Waals surface area contributed by atoms with E-state index in [1.807, 2.05) is 0 Å². The largest absolute Gasteiger partial charge is 0.490 e. The van der Waals surface area contributed by atoms with Crippen molar-refractivity contribution in [1.29, 1.82) is 0 Å². The van der Waals surface area contributed by atoms with Crippen LogP contribution in [-0.4, -0.2) is 19.2 Å². The number of carbonyl (C=O) groups is 1. The van der Waals surface area contributed by atoms with Gasteiger partial charge in [-0.15, -0.1) is 0 Å². The van der Waals surface area contributed by atoms with E-state index in [2.05, 4.69) is 0 Å². The molecule has 0 aliphatic heterocycles. The van der Waals surface area contributed by atoms with Crippen molar-refractivity contribution in [3.63, 3.8) is 0 Å². The number of allylic oxidation sites excluding steroid dienone is 1. The van der Waals surface area contributed by atoms with Gasteiger partial charge in [0.2, 0.25) is 0 Å². The van der Waals surface area contributed by atoms with Crippen molar-refractivity contribution >= 4 is 5.97 Å². The molecular weight excluding hydrogens is 411 g/mol. The van der Waals surface area contributed by atoms with E-state index < -0.39 is 23.8 Å². The Kier molecular flexibility index (Phi) is 8.20. The lowest BCUT2D eigenvalue weighted by molar-refractivity contribution is -0.144. The Balaban J connectivity index is 1.73. The van der Waals surface area contributed by atoms with E-state index in [-0.39, 0.29) is 37.4 Å². The van der Waals surface area contributed by atoms with Crippen LogP contribution in [0.15, 0.2) is 60.2 Å². The monoisotopic (exact) mass is 430 g/mol. The third-order valence-electron chi connectivity index (χ3n) is 3.88. The number of ether oxygens (including phenoxy) is 3. The first-order chi connectivity index (χ1) is 14.1. The van der Waals surface area contributed by atoms with Crippen LogP contribution in [0.1, 0.15) is 25.3 Å². The van der Waals surface area contributed by atoms with E-state index in [0.717, 1.165) is 12.1 Å². The first kappa shape index (κ1) is 23.2. The maximum Gasteiger partial charge on any atom is 0.416 e. The summed E-state index contributed by atoms with van der Waals surface area (Å²) < 4.78 is 77.9. The second-order valence-corrected chi connectivity index (χ2v) is 6.21. The summed E-state index contributed by atoms with van der Waals surface area (Å²) in [7, 11) is 0. The quantitative estimate of drug-likeness (QED) is 0.263. The zero-order valence-corrected chi connectivity index (χ0v) is 16.0. The molecule has 0 aromatic heterocycles. The van der Waals surface area contributed by atoms with Crippen molar-refractivity contribution in [1.82, 2.24) is 0 Å². The molecule has 0 spiro atoms. The van der Waals surface area contributed by atoms with Crippen LogP contribution < -0.4 is 9.47 Å². The molecule has 0 N–H and O–H groups in total. The van der Waals surface area contributed by atoms with Crippen molar-refractivity contribution in [2.45, 2.75) is 25.9 Å². The summed E-state index contributed by atoms with van der Waals surface area (Å²) in [5.74, 6) is 0.516. The van der Waals surface area contributed by atoms with Crippen LogP contribution in [0.4, 0.5) is 22.0 Å². The predicted octanol–water partition coefficient (Wildman–Crippen LogP) is 6.37. The van der Waals surface area contributed by atoms with Gasteiger partial charge < -0.3 is 14.2 Å². The SMILES string of the molecule is CC(CCC(=O)OCCOc1ccc(Oc2ccc(C(F)(F)F)cc2)cc1)=C(F)F. The molecule has 9 heteroatoms. The van der Waals surface area contributed by atoms with Crippen molar-refractivity contribution in [2.24, 2.45) is 0 Å². The molecule has 0 saturated carbocycles. The molecule has 0 atom stereocenters. The molecular formula is C21H19F5O4. The summed E-state index contributed by atoms with van der Waals surface area (Å²) in [6.07, 6.45) is -6.41. The van der Waals surface area contributed by atoms with Crippen LogP contribution in [0.25, 0.3) is 0 Å². The highest BCUT2D eigenvalue weighted by molar-refractivity contribution is 5.69. The van der Waals surface area contributed by atoms with Gasteiger partial charge in [0.05, 0.1) is 5.56 Å². The number of halogens is 5. The standard InChI is InChI=1S/C21H19F5O4/c1-14(20(22)23)2-11-19(27)29-13-12-28-16-7-9-18(10-8-16)30-17-5-3-15(4-6-17)21(24,25)26/h3-10H,2,11-13H2,1H3. The Hall–Kier alpha value is -3.10. The van der Waals surface area contributed by atoms with E-state index >= 15 is 0 Å². The third-order valence-corrected chi connectivity index (χ3v) is 3.88. The lowest BCUT2D eigenvalue weighted by atomic mass is 10.2. The Morgan fingerprint density at radius 3 is 1.90 bits per heavy atom. The Morgan fingerprint density at radius 1 is 0.833 bits per heavy atom. The number of rotatable bonds is 9. The van der Waals surface area contributed by atoms with Crippen LogP contribution >= 0.6 is 0 Å². The summed E-state index contributed by atoms with van der Waals surface area (Å²) in [6, 6.07) is 10.6. The number of hydrogen-bond acceptors (Lipinski definition) is 4. The summed E-state index contributed by atoms with van der Waals surface area (Å²) in [5, 5.41) is 0. The van der Waals surface area contributed by atoms with E-state index in [1.165, 1.54) is 19.1 Å². The molecule has 0 amide bonds. The zero-order valence-electron chi connectivity index (χ0n) is 16.0. The minimum atomic E-state index is -4.41. The van der Waals surface area contributed by atoms with Gasteiger partial charge in [-0.05, 0) is 67.4 Å². The Labute approximate surface area is 169 Å². The summed E-state index contributed by atoms with van der Waals surface area (Å²) >= 11 is 0. The zero-order chi connectivity index (χ0) is 22.1. The fourth-order valence-electron chi connectivity index (χ4n) is 2.22. The second kappa shape index (κ2) is 10.6. The number of carbonyl (C=O) groups excluding carboxylic acids is 1. The van der Waals surface area contributed by atoms with E-state index in [1.54, 1.807) is 24.3 Å². The van der Waals surface area contributed by atoms with Crippen molar-refractivity contribution in [3.05, 3.63) is 65.7 Å². The van der Waals surface area contributed by atoms with Gasteiger partial charge in [-0.2, -0.15) is 22.0 Å². The van der Waals surface area contributed by atoms with Crippen molar-refractivity contribution in [2.75, 3.05) is 13.2 Å². The molecule has 30 heavy (non-hydrogen) atoms. The van der Waals surface area contributed by atoms with Crippen molar-refractivity contribution in [3.8, 4) is 17.2 Å². The minimum absolute atomic E-state index is 0.0382. The van der Waals surface area contributed by atoms with Gasteiger partial charge in [-0.1, -0.05) is 0 Å². The maximum absolute atomic E-state index is 12.6. The highest BCUT2D eigenvalue weighted by Gasteiger charge is 2.30.